The number of rotatable bonds is 6. The minimum atomic E-state index is -0.552. The SMILES string of the molecule is Cc1c(-c2ccc(-c3ccc(NCCO)cc3)cc2)nc2ccccc2c1C(=O)NO. The number of para-hydroxylation sites is 1. The molecule has 0 spiro atoms. The van der Waals surface area contributed by atoms with Crippen LogP contribution in [0.1, 0.15) is 15.9 Å². The Balaban J connectivity index is 1.71. The van der Waals surface area contributed by atoms with E-state index in [0.717, 1.165) is 22.4 Å². The second-order valence-electron chi connectivity index (χ2n) is 7.22. The van der Waals surface area contributed by atoms with Gasteiger partial charge >= 0.3 is 0 Å². The summed E-state index contributed by atoms with van der Waals surface area (Å²) in [4.78, 5) is 17.1. The van der Waals surface area contributed by atoms with E-state index in [0.29, 0.717) is 34.3 Å². The van der Waals surface area contributed by atoms with Gasteiger partial charge in [0.05, 0.1) is 23.4 Å². The van der Waals surface area contributed by atoms with Crippen LogP contribution in [0.5, 0.6) is 0 Å². The minimum absolute atomic E-state index is 0.0904. The first-order valence-corrected chi connectivity index (χ1v) is 10.0. The van der Waals surface area contributed by atoms with Crippen LogP contribution < -0.4 is 10.8 Å². The standard InChI is InChI=1S/C25H23N3O3/c1-16-23(25(30)28-31)21-4-2-3-5-22(21)27-24(16)19-8-6-17(7-9-19)18-10-12-20(13-11-18)26-14-15-29/h2-13,26,29,31H,14-15H2,1H3,(H,28,30). The van der Waals surface area contributed by atoms with E-state index in [9.17, 15) is 10.0 Å². The number of fused-ring (bicyclic) bond motifs is 1. The predicted octanol–water partition coefficient (Wildman–Crippen LogP) is 4.40. The third kappa shape index (κ3) is 4.12. The Labute approximate surface area is 180 Å². The van der Waals surface area contributed by atoms with Gasteiger partial charge in [0, 0.05) is 23.2 Å². The summed E-state index contributed by atoms with van der Waals surface area (Å²) >= 11 is 0. The average molecular weight is 413 g/mol. The second-order valence-corrected chi connectivity index (χ2v) is 7.22. The fraction of sp³-hybridized carbons (Fsp3) is 0.120. The van der Waals surface area contributed by atoms with Gasteiger partial charge in [0.1, 0.15) is 0 Å². The normalized spacial score (nSPS) is 10.8. The van der Waals surface area contributed by atoms with Crippen LogP contribution >= 0.6 is 0 Å². The molecule has 0 saturated heterocycles. The predicted molar refractivity (Wildman–Crippen MR) is 122 cm³/mol. The van der Waals surface area contributed by atoms with Crippen molar-refractivity contribution in [2.45, 2.75) is 6.92 Å². The Morgan fingerprint density at radius 3 is 2.16 bits per heavy atom. The molecule has 0 aliphatic heterocycles. The van der Waals surface area contributed by atoms with E-state index in [4.69, 9.17) is 10.1 Å². The van der Waals surface area contributed by atoms with Gasteiger partial charge in [0.2, 0.25) is 0 Å². The van der Waals surface area contributed by atoms with Crippen LogP contribution in [0.25, 0.3) is 33.3 Å². The lowest BCUT2D eigenvalue weighted by Crippen LogP contribution is -2.20. The molecule has 0 aliphatic rings. The van der Waals surface area contributed by atoms with Crippen molar-refractivity contribution in [1.29, 1.82) is 0 Å². The third-order valence-electron chi connectivity index (χ3n) is 5.28. The summed E-state index contributed by atoms with van der Waals surface area (Å²) in [5.41, 5.74) is 8.25. The lowest BCUT2D eigenvalue weighted by Gasteiger charge is -2.14. The highest BCUT2D eigenvalue weighted by molar-refractivity contribution is 6.08. The third-order valence-corrected chi connectivity index (χ3v) is 5.28. The number of amides is 1. The van der Waals surface area contributed by atoms with Crippen LogP contribution in [0.15, 0.2) is 72.8 Å². The van der Waals surface area contributed by atoms with Crippen LogP contribution in [0.3, 0.4) is 0 Å². The number of pyridine rings is 1. The van der Waals surface area contributed by atoms with E-state index in [-0.39, 0.29) is 6.61 Å². The van der Waals surface area contributed by atoms with Crippen molar-refractivity contribution >= 4 is 22.5 Å². The molecule has 0 aliphatic carbocycles. The van der Waals surface area contributed by atoms with Crippen LogP contribution in [-0.2, 0) is 0 Å². The molecule has 1 amide bonds. The minimum Gasteiger partial charge on any atom is -0.395 e. The monoisotopic (exact) mass is 413 g/mol. The molecule has 1 aromatic heterocycles. The number of hydrogen-bond acceptors (Lipinski definition) is 5. The summed E-state index contributed by atoms with van der Waals surface area (Å²) in [5, 5.41) is 22.0. The number of benzene rings is 3. The molecule has 6 nitrogen and oxygen atoms in total. The fourth-order valence-electron chi connectivity index (χ4n) is 3.74. The van der Waals surface area contributed by atoms with Gasteiger partial charge in [-0.05, 0) is 41.8 Å². The van der Waals surface area contributed by atoms with Crippen molar-refractivity contribution in [1.82, 2.24) is 10.5 Å². The highest BCUT2D eigenvalue weighted by Crippen LogP contribution is 2.31. The van der Waals surface area contributed by atoms with E-state index in [1.165, 1.54) is 0 Å². The van der Waals surface area contributed by atoms with E-state index in [1.54, 1.807) is 5.48 Å². The Morgan fingerprint density at radius 2 is 1.52 bits per heavy atom. The summed E-state index contributed by atoms with van der Waals surface area (Å²) < 4.78 is 0. The molecule has 4 N–H and O–H groups in total. The summed E-state index contributed by atoms with van der Waals surface area (Å²) in [5.74, 6) is -0.552. The zero-order valence-electron chi connectivity index (χ0n) is 17.1. The average Bonchev–Trinajstić information content (AvgIpc) is 2.82. The highest BCUT2D eigenvalue weighted by Gasteiger charge is 2.18. The quantitative estimate of drug-likeness (QED) is 0.278. The number of hydroxylamine groups is 1. The van der Waals surface area contributed by atoms with Crippen molar-refractivity contribution in [3.63, 3.8) is 0 Å². The maximum Gasteiger partial charge on any atom is 0.275 e. The molecule has 1 heterocycles. The number of carbonyl (C=O) groups is 1. The summed E-state index contributed by atoms with van der Waals surface area (Å²) in [7, 11) is 0. The lowest BCUT2D eigenvalue weighted by atomic mass is 9.96. The number of hydrogen-bond donors (Lipinski definition) is 4. The van der Waals surface area contributed by atoms with Gasteiger partial charge in [-0.1, -0.05) is 54.6 Å². The second kappa shape index (κ2) is 8.95. The van der Waals surface area contributed by atoms with Crippen LogP contribution in [0, 0.1) is 6.92 Å². The molecule has 0 bridgehead atoms. The van der Waals surface area contributed by atoms with Gasteiger partial charge in [-0.15, -0.1) is 0 Å². The summed E-state index contributed by atoms with van der Waals surface area (Å²) in [6.07, 6.45) is 0. The largest absolute Gasteiger partial charge is 0.395 e. The van der Waals surface area contributed by atoms with E-state index < -0.39 is 5.91 Å². The smallest absolute Gasteiger partial charge is 0.275 e. The maximum absolute atomic E-state index is 12.4. The first-order valence-electron chi connectivity index (χ1n) is 10.0. The fourth-order valence-corrected chi connectivity index (χ4v) is 3.74. The van der Waals surface area contributed by atoms with Crippen molar-refractivity contribution < 1.29 is 15.1 Å². The zero-order valence-corrected chi connectivity index (χ0v) is 17.1. The molecular formula is C25H23N3O3. The van der Waals surface area contributed by atoms with E-state index >= 15 is 0 Å². The number of aliphatic hydroxyl groups excluding tert-OH is 1. The van der Waals surface area contributed by atoms with Crippen molar-refractivity contribution in [2.75, 3.05) is 18.5 Å². The molecule has 4 aromatic rings. The van der Waals surface area contributed by atoms with Crippen LogP contribution in [0.2, 0.25) is 0 Å². The number of nitrogens with zero attached hydrogens (tertiary/aromatic N) is 1. The molecule has 0 unspecified atom stereocenters. The van der Waals surface area contributed by atoms with Crippen molar-refractivity contribution in [3.05, 3.63) is 83.9 Å². The van der Waals surface area contributed by atoms with Crippen molar-refractivity contribution in [2.24, 2.45) is 0 Å². The summed E-state index contributed by atoms with van der Waals surface area (Å²) in [6, 6.07) is 23.4. The molecule has 0 saturated carbocycles. The molecule has 156 valence electrons. The first kappa shape index (κ1) is 20.5. The van der Waals surface area contributed by atoms with E-state index in [2.05, 4.69) is 5.32 Å². The number of aliphatic hydroxyl groups is 1. The Morgan fingerprint density at radius 1 is 0.903 bits per heavy atom. The molecule has 0 fully saturated rings. The van der Waals surface area contributed by atoms with Gasteiger partial charge in [-0.3, -0.25) is 10.0 Å². The van der Waals surface area contributed by atoms with Gasteiger partial charge in [0.15, 0.2) is 0 Å². The molecule has 31 heavy (non-hydrogen) atoms. The number of carbonyl (C=O) groups excluding carboxylic acids is 1. The van der Waals surface area contributed by atoms with Gasteiger partial charge in [-0.2, -0.15) is 0 Å². The Hall–Kier alpha value is -3.74. The molecular weight excluding hydrogens is 390 g/mol. The van der Waals surface area contributed by atoms with Gasteiger partial charge in [0.25, 0.3) is 5.91 Å². The van der Waals surface area contributed by atoms with Crippen LogP contribution in [0.4, 0.5) is 5.69 Å². The molecule has 3 aromatic carbocycles. The first-order chi connectivity index (χ1) is 15.1. The van der Waals surface area contributed by atoms with Gasteiger partial charge in [-0.25, -0.2) is 10.5 Å². The molecule has 4 rings (SSSR count). The topological polar surface area (TPSA) is 94.5 Å². The Kier molecular flexibility index (Phi) is 5.93. The number of aromatic nitrogens is 1. The zero-order chi connectivity index (χ0) is 21.8. The van der Waals surface area contributed by atoms with Gasteiger partial charge < -0.3 is 10.4 Å². The molecule has 0 atom stereocenters. The lowest BCUT2D eigenvalue weighted by molar-refractivity contribution is 0.0707. The number of anilines is 1. The highest BCUT2D eigenvalue weighted by atomic mass is 16.5. The number of nitrogens with one attached hydrogen (secondary N) is 2. The maximum atomic E-state index is 12.4. The molecule has 0 radical (unpaired) electrons. The molecule has 6 heteroatoms. The van der Waals surface area contributed by atoms with Crippen molar-refractivity contribution in [3.8, 4) is 22.4 Å². The van der Waals surface area contributed by atoms with E-state index in [1.807, 2.05) is 79.7 Å². The van der Waals surface area contributed by atoms with Crippen LogP contribution in [-0.4, -0.2) is 34.4 Å². The Bertz CT molecular complexity index is 1220. The summed E-state index contributed by atoms with van der Waals surface area (Å²) in [6.45, 7) is 2.45.